The SMILES string of the molecule is Cl.N#CCC1CCCC(N)C1. The fourth-order valence-electron chi connectivity index (χ4n) is 1.65. The lowest BCUT2D eigenvalue weighted by Crippen LogP contribution is -2.27. The van der Waals surface area contributed by atoms with E-state index in [0.717, 1.165) is 12.8 Å². The molecule has 3 heteroatoms. The van der Waals surface area contributed by atoms with Gasteiger partial charge in [-0.1, -0.05) is 6.42 Å². The topological polar surface area (TPSA) is 49.8 Å². The van der Waals surface area contributed by atoms with Crippen molar-refractivity contribution in [2.24, 2.45) is 11.7 Å². The van der Waals surface area contributed by atoms with Gasteiger partial charge >= 0.3 is 0 Å². The second-order valence-electron chi connectivity index (χ2n) is 3.15. The Labute approximate surface area is 74.2 Å². The fourth-order valence-corrected chi connectivity index (χ4v) is 1.65. The lowest BCUT2D eigenvalue weighted by Gasteiger charge is -2.24. The van der Waals surface area contributed by atoms with Crippen LogP contribution in [0.25, 0.3) is 0 Å². The maximum atomic E-state index is 8.41. The van der Waals surface area contributed by atoms with Crippen LogP contribution < -0.4 is 5.73 Å². The highest BCUT2D eigenvalue weighted by Crippen LogP contribution is 2.24. The van der Waals surface area contributed by atoms with E-state index in [4.69, 9.17) is 11.0 Å². The van der Waals surface area contributed by atoms with Crippen LogP contribution in [0.5, 0.6) is 0 Å². The zero-order valence-corrected chi connectivity index (χ0v) is 7.44. The van der Waals surface area contributed by atoms with Crippen LogP contribution in [0.15, 0.2) is 0 Å². The van der Waals surface area contributed by atoms with Crippen molar-refractivity contribution in [1.82, 2.24) is 0 Å². The van der Waals surface area contributed by atoms with Crippen molar-refractivity contribution in [2.75, 3.05) is 0 Å². The first-order valence-electron chi connectivity index (χ1n) is 3.95. The van der Waals surface area contributed by atoms with Crippen molar-refractivity contribution in [3.63, 3.8) is 0 Å². The highest BCUT2D eigenvalue weighted by atomic mass is 35.5. The number of nitriles is 1. The summed E-state index contributed by atoms with van der Waals surface area (Å²) in [7, 11) is 0. The molecular weight excluding hydrogens is 160 g/mol. The molecule has 2 unspecified atom stereocenters. The summed E-state index contributed by atoms with van der Waals surface area (Å²) in [6.45, 7) is 0. The minimum Gasteiger partial charge on any atom is -0.328 e. The summed E-state index contributed by atoms with van der Waals surface area (Å²) in [5.74, 6) is 0.591. The van der Waals surface area contributed by atoms with Gasteiger partial charge in [-0.05, 0) is 25.2 Å². The van der Waals surface area contributed by atoms with Gasteiger partial charge < -0.3 is 5.73 Å². The predicted molar refractivity (Wildman–Crippen MR) is 47.4 cm³/mol. The van der Waals surface area contributed by atoms with Crippen molar-refractivity contribution in [3.8, 4) is 6.07 Å². The second-order valence-corrected chi connectivity index (χ2v) is 3.15. The fraction of sp³-hybridized carbons (Fsp3) is 0.875. The minimum atomic E-state index is 0. The second kappa shape index (κ2) is 5.40. The molecule has 1 saturated carbocycles. The Bertz CT molecular complexity index is 142. The Balaban J connectivity index is 0.000001000. The summed E-state index contributed by atoms with van der Waals surface area (Å²) < 4.78 is 0. The van der Waals surface area contributed by atoms with Crippen LogP contribution in [0.2, 0.25) is 0 Å². The van der Waals surface area contributed by atoms with Gasteiger partial charge in [0.15, 0.2) is 0 Å². The normalized spacial score (nSPS) is 30.2. The molecule has 1 aliphatic carbocycles. The van der Waals surface area contributed by atoms with Gasteiger partial charge in [0.25, 0.3) is 0 Å². The molecule has 64 valence electrons. The molecule has 1 fully saturated rings. The summed E-state index contributed by atoms with van der Waals surface area (Å²) in [4.78, 5) is 0. The molecule has 11 heavy (non-hydrogen) atoms. The third-order valence-corrected chi connectivity index (χ3v) is 2.20. The van der Waals surface area contributed by atoms with E-state index in [1.54, 1.807) is 0 Å². The lowest BCUT2D eigenvalue weighted by molar-refractivity contribution is 0.327. The quantitative estimate of drug-likeness (QED) is 0.660. The van der Waals surface area contributed by atoms with Gasteiger partial charge in [0, 0.05) is 12.5 Å². The van der Waals surface area contributed by atoms with Gasteiger partial charge in [-0.15, -0.1) is 12.4 Å². The monoisotopic (exact) mass is 174 g/mol. The van der Waals surface area contributed by atoms with Crippen LogP contribution in [-0.4, -0.2) is 6.04 Å². The zero-order valence-electron chi connectivity index (χ0n) is 6.62. The number of nitrogens with two attached hydrogens (primary N) is 1. The molecule has 2 N–H and O–H groups in total. The van der Waals surface area contributed by atoms with E-state index in [9.17, 15) is 0 Å². The lowest BCUT2D eigenvalue weighted by atomic mass is 9.85. The number of rotatable bonds is 1. The smallest absolute Gasteiger partial charge is 0.0624 e. The van der Waals surface area contributed by atoms with Gasteiger partial charge in [-0.2, -0.15) is 5.26 Å². The van der Waals surface area contributed by atoms with E-state index in [-0.39, 0.29) is 12.4 Å². The van der Waals surface area contributed by atoms with Gasteiger partial charge in [0.1, 0.15) is 0 Å². The molecular formula is C8H15ClN2. The predicted octanol–water partition coefficient (Wildman–Crippen LogP) is 1.84. The molecule has 2 atom stereocenters. The summed E-state index contributed by atoms with van der Waals surface area (Å²) in [6.07, 6.45) is 5.35. The van der Waals surface area contributed by atoms with Gasteiger partial charge in [0.05, 0.1) is 6.07 Å². The summed E-state index contributed by atoms with van der Waals surface area (Å²) in [6, 6.07) is 2.57. The van der Waals surface area contributed by atoms with Crippen LogP contribution in [0.1, 0.15) is 32.1 Å². The maximum absolute atomic E-state index is 8.41. The molecule has 0 aromatic carbocycles. The number of hydrogen-bond acceptors (Lipinski definition) is 2. The molecule has 0 heterocycles. The van der Waals surface area contributed by atoms with Gasteiger partial charge in [-0.3, -0.25) is 0 Å². The number of hydrogen-bond donors (Lipinski definition) is 1. The van der Waals surface area contributed by atoms with E-state index in [1.165, 1.54) is 12.8 Å². The molecule has 0 aromatic rings. The first-order chi connectivity index (χ1) is 4.83. The Morgan fingerprint density at radius 1 is 1.45 bits per heavy atom. The van der Waals surface area contributed by atoms with E-state index >= 15 is 0 Å². The summed E-state index contributed by atoms with van der Waals surface area (Å²) in [5.41, 5.74) is 5.75. The molecule has 0 aromatic heterocycles. The largest absolute Gasteiger partial charge is 0.328 e. The third-order valence-electron chi connectivity index (χ3n) is 2.20. The van der Waals surface area contributed by atoms with Crippen molar-refractivity contribution in [1.29, 1.82) is 5.26 Å². The Morgan fingerprint density at radius 3 is 2.73 bits per heavy atom. The first kappa shape index (κ1) is 10.7. The van der Waals surface area contributed by atoms with Crippen molar-refractivity contribution in [2.45, 2.75) is 38.1 Å². The van der Waals surface area contributed by atoms with Crippen LogP contribution in [0.3, 0.4) is 0 Å². The summed E-state index contributed by atoms with van der Waals surface area (Å²) >= 11 is 0. The molecule has 0 radical (unpaired) electrons. The minimum absolute atomic E-state index is 0. The molecule has 1 rings (SSSR count). The zero-order chi connectivity index (χ0) is 7.40. The number of nitrogens with zero attached hydrogens (tertiary/aromatic N) is 1. The van der Waals surface area contributed by atoms with E-state index in [1.807, 2.05) is 0 Å². The van der Waals surface area contributed by atoms with Crippen molar-refractivity contribution < 1.29 is 0 Å². The van der Waals surface area contributed by atoms with E-state index < -0.39 is 0 Å². The Kier molecular flexibility index (Phi) is 5.27. The Hall–Kier alpha value is -0.260. The van der Waals surface area contributed by atoms with Crippen LogP contribution in [0.4, 0.5) is 0 Å². The van der Waals surface area contributed by atoms with Crippen LogP contribution in [0, 0.1) is 17.2 Å². The molecule has 2 nitrogen and oxygen atoms in total. The average Bonchev–Trinajstić information content (AvgIpc) is 1.88. The average molecular weight is 175 g/mol. The third kappa shape index (κ3) is 3.60. The highest BCUT2D eigenvalue weighted by Gasteiger charge is 2.18. The molecule has 1 aliphatic rings. The van der Waals surface area contributed by atoms with Crippen molar-refractivity contribution >= 4 is 12.4 Å². The maximum Gasteiger partial charge on any atom is 0.0624 e. The van der Waals surface area contributed by atoms with Crippen molar-refractivity contribution in [3.05, 3.63) is 0 Å². The Morgan fingerprint density at radius 2 is 2.18 bits per heavy atom. The molecule has 0 amide bonds. The molecule has 0 bridgehead atoms. The highest BCUT2D eigenvalue weighted by molar-refractivity contribution is 5.85. The van der Waals surface area contributed by atoms with E-state index in [2.05, 4.69) is 6.07 Å². The van der Waals surface area contributed by atoms with E-state index in [0.29, 0.717) is 18.4 Å². The standard InChI is InChI=1S/C8H14N2.ClH/c9-5-4-7-2-1-3-8(10)6-7;/h7-8H,1-4,6,10H2;1H. The molecule has 0 saturated heterocycles. The van der Waals surface area contributed by atoms with Crippen LogP contribution >= 0.6 is 12.4 Å². The summed E-state index contributed by atoms with van der Waals surface area (Å²) in [5, 5.41) is 8.41. The van der Waals surface area contributed by atoms with Gasteiger partial charge in [-0.25, -0.2) is 0 Å². The molecule has 0 aliphatic heterocycles. The first-order valence-corrected chi connectivity index (χ1v) is 3.95. The number of halogens is 1. The van der Waals surface area contributed by atoms with Crippen LogP contribution in [-0.2, 0) is 0 Å². The van der Waals surface area contributed by atoms with Gasteiger partial charge in [0.2, 0.25) is 0 Å². The molecule has 0 spiro atoms.